The molecule has 25 heavy (non-hydrogen) atoms. The number of aromatic nitrogens is 4. The molecule has 4 rings (SSSR count). The summed E-state index contributed by atoms with van der Waals surface area (Å²) in [5, 5.41) is 12.9. The van der Waals surface area contributed by atoms with Crippen molar-refractivity contribution < 1.29 is 0 Å². The maximum atomic E-state index is 4.56. The molecular formula is C19H24N6. The third-order valence-corrected chi connectivity index (χ3v) is 4.95. The number of rotatable bonds is 3. The predicted octanol–water partition coefficient (Wildman–Crippen LogP) is 2.71. The van der Waals surface area contributed by atoms with Gasteiger partial charge in [0.05, 0.1) is 11.4 Å². The van der Waals surface area contributed by atoms with Crippen molar-refractivity contribution in [3.63, 3.8) is 0 Å². The first-order valence-electron chi connectivity index (χ1n) is 9.01. The van der Waals surface area contributed by atoms with Gasteiger partial charge >= 0.3 is 0 Å². The van der Waals surface area contributed by atoms with E-state index in [0.29, 0.717) is 0 Å². The van der Waals surface area contributed by atoms with Gasteiger partial charge in [-0.05, 0) is 37.5 Å². The number of benzene rings is 1. The maximum absolute atomic E-state index is 4.56. The summed E-state index contributed by atoms with van der Waals surface area (Å²) in [6, 6.07) is 10.8. The first-order valence-corrected chi connectivity index (χ1v) is 9.01. The highest BCUT2D eigenvalue weighted by Crippen LogP contribution is 2.25. The molecule has 1 aliphatic heterocycles. The van der Waals surface area contributed by atoms with Crippen LogP contribution in [-0.4, -0.2) is 46.0 Å². The second-order valence-corrected chi connectivity index (χ2v) is 6.59. The molecular weight excluding hydrogens is 312 g/mol. The van der Waals surface area contributed by atoms with E-state index in [2.05, 4.69) is 69.3 Å². The summed E-state index contributed by atoms with van der Waals surface area (Å²) in [5.41, 5.74) is 5.76. The molecule has 0 radical (unpaired) electrons. The predicted molar refractivity (Wildman–Crippen MR) is 100 cm³/mol. The Morgan fingerprint density at radius 1 is 1.00 bits per heavy atom. The van der Waals surface area contributed by atoms with E-state index in [4.69, 9.17) is 0 Å². The van der Waals surface area contributed by atoms with Gasteiger partial charge in [0.15, 0.2) is 0 Å². The van der Waals surface area contributed by atoms with Crippen LogP contribution in [0.5, 0.6) is 0 Å². The normalized spacial score (nSPS) is 15.6. The summed E-state index contributed by atoms with van der Waals surface area (Å²) < 4.78 is 1.80. The van der Waals surface area contributed by atoms with E-state index in [1.807, 2.05) is 0 Å². The van der Waals surface area contributed by atoms with Crippen molar-refractivity contribution in [3.8, 4) is 0 Å². The van der Waals surface area contributed by atoms with Crippen LogP contribution in [0.1, 0.15) is 24.6 Å². The Balaban J connectivity index is 1.61. The number of fused-ring (bicyclic) bond motifs is 1. The lowest BCUT2D eigenvalue weighted by Gasteiger charge is -2.26. The van der Waals surface area contributed by atoms with Gasteiger partial charge < -0.3 is 9.80 Å². The molecule has 1 aliphatic rings. The van der Waals surface area contributed by atoms with Crippen molar-refractivity contribution in [2.75, 3.05) is 36.0 Å². The summed E-state index contributed by atoms with van der Waals surface area (Å²) in [6.07, 6.45) is 3.72. The Morgan fingerprint density at radius 3 is 2.52 bits per heavy atom. The zero-order valence-corrected chi connectivity index (χ0v) is 14.9. The lowest BCUT2D eigenvalue weighted by atomic mass is 10.2. The van der Waals surface area contributed by atoms with Gasteiger partial charge in [0, 0.05) is 31.9 Å². The molecule has 6 nitrogen and oxygen atoms in total. The Labute approximate surface area is 148 Å². The van der Waals surface area contributed by atoms with E-state index in [9.17, 15) is 0 Å². The van der Waals surface area contributed by atoms with Crippen molar-refractivity contribution >= 4 is 17.0 Å². The molecule has 1 aromatic carbocycles. The quantitative estimate of drug-likeness (QED) is 0.736. The van der Waals surface area contributed by atoms with Crippen LogP contribution in [0.15, 0.2) is 36.7 Å². The molecule has 1 fully saturated rings. The third-order valence-electron chi connectivity index (χ3n) is 4.95. The number of para-hydroxylation sites is 1. The minimum atomic E-state index is 0.849. The first-order chi connectivity index (χ1) is 12.3. The van der Waals surface area contributed by atoms with E-state index in [-0.39, 0.29) is 0 Å². The Hall–Kier alpha value is -2.63. The molecule has 1 saturated heterocycles. The molecule has 0 bridgehead atoms. The summed E-state index contributed by atoms with van der Waals surface area (Å²) in [6.45, 7) is 8.41. The molecule has 0 spiro atoms. The van der Waals surface area contributed by atoms with Crippen molar-refractivity contribution in [2.45, 2.75) is 26.7 Å². The average molecular weight is 336 g/mol. The second-order valence-electron chi connectivity index (χ2n) is 6.59. The van der Waals surface area contributed by atoms with Crippen LogP contribution in [0.3, 0.4) is 0 Å². The smallest absolute Gasteiger partial charge is 0.200 e. The molecule has 0 atom stereocenters. The van der Waals surface area contributed by atoms with Crippen LogP contribution < -0.4 is 9.80 Å². The highest BCUT2D eigenvalue weighted by Gasteiger charge is 2.20. The highest BCUT2D eigenvalue weighted by molar-refractivity contribution is 5.68. The van der Waals surface area contributed by atoms with Crippen LogP contribution in [0.4, 0.5) is 11.4 Å². The van der Waals surface area contributed by atoms with E-state index in [1.54, 1.807) is 10.8 Å². The molecule has 130 valence electrons. The van der Waals surface area contributed by atoms with Gasteiger partial charge in [0.25, 0.3) is 0 Å². The summed E-state index contributed by atoms with van der Waals surface area (Å²) in [5.74, 6) is 0. The number of anilines is 2. The van der Waals surface area contributed by atoms with Gasteiger partial charge in [-0.2, -0.15) is 9.61 Å². The van der Waals surface area contributed by atoms with Gasteiger partial charge in [-0.15, -0.1) is 10.2 Å². The molecule has 3 aromatic rings. The number of nitrogens with zero attached hydrogens (tertiary/aromatic N) is 6. The van der Waals surface area contributed by atoms with Crippen LogP contribution in [0.2, 0.25) is 0 Å². The SMILES string of the molecule is CCc1cc(N2CCCN(c3ccccc3C)CC2)c2nncn2n1. The fourth-order valence-electron chi connectivity index (χ4n) is 3.58. The van der Waals surface area contributed by atoms with Gasteiger partial charge in [0.2, 0.25) is 5.65 Å². The molecule has 0 unspecified atom stereocenters. The Kier molecular flexibility index (Phi) is 4.26. The summed E-state index contributed by atoms with van der Waals surface area (Å²) in [4.78, 5) is 4.93. The molecule has 0 N–H and O–H groups in total. The van der Waals surface area contributed by atoms with Gasteiger partial charge in [-0.3, -0.25) is 0 Å². The third kappa shape index (κ3) is 3.04. The topological polar surface area (TPSA) is 49.6 Å². The molecule has 3 heterocycles. The number of hydrogen-bond acceptors (Lipinski definition) is 5. The van der Waals surface area contributed by atoms with Crippen molar-refractivity contribution in [1.82, 2.24) is 19.8 Å². The van der Waals surface area contributed by atoms with E-state index in [0.717, 1.165) is 56.0 Å². The van der Waals surface area contributed by atoms with Crippen molar-refractivity contribution in [3.05, 3.63) is 47.9 Å². The van der Waals surface area contributed by atoms with E-state index < -0.39 is 0 Å². The summed E-state index contributed by atoms with van der Waals surface area (Å²) in [7, 11) is 0. The lowest BCUT2D eigenvalue weighted by molar-refractivity contribution is 0.795. The van der Waals surface area contributed by atoms with Gasteiger partial charge in [-0.1, -0.05) is 25.1 Å². The monoisotopic (exact) mass is 336 g/mol. The molecule has 0 aliphatic carbocycles. The number of hydrogen-bond donors (Lipinski definition) is 0. The largest absolute Gasteiger partial charge is 0.369 e. The van der Waals surface area contributed by atoms with E-state index >= 15 is 0 Å². The minimum Gasteiger partial charge on any atom is -0.369 e. The lowest BCUT2D eigenvalue weighted by Crippen LogP contribution is -2.31. The van der Waals surface area contributed by atoms with Crippen LogP contribution >= 0.6 is 0 Å². The van der Waals surface area contributed by atoms with Crippen molar-refractivity contribution in [2.24, 2.45) is 0 Å². The first kappa shape index (κ1) is 15.9. The molecule has 0 amide bonds. The zero-order chi connectivity index (χ0) is 17.2. The molecule has 6 heteroatoms. The van der Waals surface area contributed by atoms with Crippen LogP contribution in [0.25, 0.3) is 5.65 Å². The van der Waals surface area contributed by atoms with Crippen LogP contribution in [0, 0.1) is 6.92 Å². The number of aryl methyl sites for hydroxylation is 2. The summed E-state index contributed by atoms with van der Waals surface area (Å²) >= 11 is 0. The van der Waals surface area contributed by atoms with Crippen molar-refractivity contribution in [1.29, 1.82) is 0 Å². The van der Waals surface area contributed by atoms with Gasteiger partial charge in [0.1, 0.15) is 6.33 Å². The fourth-order valence-corrected chi connectivity index (χ4v) is 3.58. The average Bonchev–Trinajstić information content (AvgIpc) is 2.98. The van der Waals surface area contributed by atoms with Gasteiger partial charge in [-0.25, -0.2) is 0 Å². The highest BCUT2D eigenvalue weighted by atomic mass is 15.4. The standard InChI is InChI=1S/C19H24N6/c1-3-16-13-18(19-21-20-14-25(19)22-16)24-10-6-9-23(11-12-24)17-8-5-4-7-15(17)2/h4-5,7-8,13-14H,3,6,9-12H2,1-2H3. The molecule has 2 aromatic heterocycles. The minimum absolute atomic E-state index is 0.849. The van der Waals surface area contributed by atoms with E-state index in [1.165, 1.54) is 11.3 Å². The zero-order valence-electron chi connectivity index (χ0n) is 14.9. The second kappa shape index (κ2) is 6.70. The Bertz CT molecular complexity index is 871. The van der Waals surface area contributed by atoms with Crippen LogP contribution in [-0.2, 0) is 6.42 Å². The fraction of sp³-hybridized carbons (Fsp3) is 0.421. The molecule has 0 saturated carbocycles. The Morgan fingerprint density at radius 2 is 1.76 bits per heavy atom. The maximum Gasteiger partial charge on any atom is 0.200 e.